The van der Waals surface area contributed by atoms with Gasteiger partial charge in [0.2, 0.25) is 0 Å². The summed E-state index contributed by atoms with van der Waals surface area (Å²) in [6.45, 7) is 2.51. The van der Waals surface area contributed by atoms with Gasteiger partial charge in [-0.2, -0.15) is 0 Å². The smallest absolute Gasteiger partial charge is 0.305 e. The Kier molecular flexibility index (Phi) is 21.6. The molecule has 18 heteroatoms. The first-order chi connectivity index (χ1) is 31.6. The summed E-state index contributed by atoms with van der Waals surface area (Å²) in [5.74, 6) is -1.63. The number of aliphatic hydroxyl groups is 2. The molecule has 354 valence electrons. The predicted molar refractivity (Wildman–Crippen MR) is 231 cm³/mol. The van der Waals surface area contributed by atoms with Gasteiger partial charge in [-0.3, -0.25) is 14.4 Å². The molecule has 0 aromatic heterocycles. The molecule has 11 atom stereocenters. The minimum absolute atomic E-state index is 0.0557. The molecule has 18 nitrogen and oxygen atoms in total. The fraction of sp³-hybridized carbons (Fsp3) is 0.553. The zero-order valence-corrected chi connectivity index (χ0v) is 37.0. The fourth-order valence-electron chi connectivity index (χ4n) is 7.54. The van der Waals surface area contributed by atoms with Crippen LogP contribution in [0.5, 0.6) is 0 Å². The van der Waals surface area contributed by atoms with Gasteiger partial charge in [0.15, 0.2) is 31.0 Å². The number of azide groups is 1. The summed E-state index contributed by atoms with van der Waals surface area (Å²) in [4.78, 5) is 39.2. The molecular weight excluding hydrogens is 847 g/mol. The third-order valence-electron chi connectivity index (χ3n) is 10.8. The Hall–Kier alpha value is -4.98. The van der Waals surface area contributed by atoms with E-state index in [4.69, 9.17) is 52.9 Å². The minimum atomic E-state index is -1.91. The van der Waals surface area contributed by atoms with E-state index in [-0.39, 0.29) is 39.0 Å². The number of carbonyl (C=O) groups is 3. The van der Waals surface area contributed by atoms with Crippen LogP contribution in [0.1, 0.15) is 75.5 Å². The first-order valence-electron chi connectivity index (χ1n) is 21.9. The number of esters is 3. The quantitative estimate of drug-likeness (QED) is 0.0236. The highest BCUT2D eigenvalue weighted by Gasteiger charge is 2.55. The van der Waals surface area contributed by atoms with E-state index in [1.807, 2.05) is 91.0 Å². The Balaban J connectivity index is 1.49. The molecule has 2 aliphatic heterocycles. The third kappa shape index (κ3) is 16.4. The highest BCUT2D eigenvalue weighted by molar-refractivity contribution is 5.69. The lowest BCUT2D eigenvalue weighted by atomic mass is 9.95. The second-order valence-electron chi connectivity index (χ2n) is 15.7. The first kappa shape index (κ1) is 51.0. The predicted octanol–water partition coefficient (Wildman–Crippen LogP) is 5.98. The first-order valence-corrected chi connectivity index (χ1v) is 21.9. The van der Waals surface area contributed by atoms with Crippen molar-refractivity contribution >= 4 is 17.9 Å². The maximum atomic E-state index is 12.7. The van der Waals surface area contributed by atoms with Crippen LogP contribution in [0.3, 0.4) is 0 Å². The number of benzene rings is 3. The van der Waals surface area contributed by atoms with Gasteiger partial charge in [0.1, 0.15) is 43.2 Å². The van der Waals surface area contributed by atoms with Crippen LogP contribution < -0.4 is 0 Å². The highest BCUT2D eigenvalue weighted by atomic mass is 16.8. The van der Waals surface area contributed by atoms with Crippen LogP contribution in [0.4, 0.5) is 0 Å². The summed E-state index contributed by atoms with van der Waals surface area (Å²) in [7, 11) is 1.36. The van der Waals surface area contributed by atoms with Crippen LogP contribution in [-0.4, -0.2) is 116 Å². The summed E-state index contributed by atoms with van der Waals surface area (Å²) in [5, 5.41) is 25.8. The number of hydrogen-bond donors (Lipinski definition) is 2. The van der Waals surface area contributed by atoms with Crippen LogP contribution in [0.25, 0.3) is 10.4 Å². The van der Waals surface area contributed by atoms with Crippen LogP contribution in [0.2, 0.25) is 0 Å². The fourth-order valence-corrected chi connectivity index (χ4v) is 7.54. The van der Waals surface area contributed by atoms with Gasteiger partial charge in [0.05, 0.1) is 26.9 Å². The molecule has 2 heterocycles. The standard InChI is InChI=1S/C47H61N3O15/c1-31(51)58-30-36-39(59-27-33-19-11-8-12-20-33)42(60-28-34-21-13-9-14-22-34)43(61-29-35-23-15-10-16-24-35)47(63-36)65-44-40(62-32(2)52)38(54)41(45(55)49-50-48)64-46(44)57-26-18-7-5-4-6-17-25-37(53)56-3/h8-16,19-24,36,38-47,54-55H,4-7,17-18,25-30H2,1-3H3/t36-,38+,39-,40+,41+,42+,43-,44-,45?,46+,47-/m1/s1. The average molecular weight is 908 g/mol. The van der Waals surface area contributed by atoms with Gasteiger partial charge in [0, 0.05) is 31.8 Å². The van der Waals surface area contributed by atoms with Gasteiger partial charge in [-0.1, -0.05) is 122 Å². The van der Waals surface area contributed by atoms with Gasteiger partial charge < -0.3 is 57.6 Å². The Morgan fingerprint density at radius 3 is 1.75 bits per heavy atom. The van der Waals surface area contributed by atoms with Gasteiger partial charge in [-0.25, -0.2) is 0 Å². The maximum Gasteiger partial charge on any atom is 0.305 e. The summed E-state index contributed by atoms with van der Waals surface area (Å²) < 4.78 is 61.8. The normalized spacial score (nSPS) is 25.7. The van der Waals surface area contributed by atoms with E-state index in [9.17, 15) is 24.6 Å². The Bertz CT molecular complexity index is 1910. The molecule has 2 saturated heterocycles. The van der Waals surface area contributed by atoms with Crippen molar-refractivity contribution < 1.29 is 72.0 Å². The van der Waals surface area contributed by atoms with E-state index in [2.05, 4.69) is 10.0 Å². The SMILES string of the molecule is COC(=O)CCCCCCCCO[C@H]1O[C@H](C(O)N=[N+]=[N-])[C@@H](O)[C@H](OC(C)=O)[C@H]1O[C@H]1O[C@H](COC(C)=O)[C@@H](OCc2ccccc2)[C@H](OCc2ccccc2)[C@H]1OCc1ccccc1. The lowest BCUT2D eigenvalue weighted by Crippen LogP contribution is -2.67. The van der Waals surface area contributed by atoms with Crippen molar-refractivity contribution in [1.82, 2.24) is 0 Å². The molecule has 0 aliphatic carbocycles. The third-order valence-corrected chi connectivity index (χ3v) is 10.8. The number of carbonyl (C=O) groups excluding carboxylic acids is 3. The molecule has 1 unspecified atom stereocenters. The summed E-state index contributed by atoms with van der Waals surface area (Å²) in [6, 6.07) is 28.3. The molecule has 5 rings (SSSR count). The van der Waals surface area contributed by atoms with E-state index in [0.29, 0.717) is 19.3 Å². The van der Waals surface area contributed by atoms with E-state index in [1.54, 1.807) is 0 Å². The topological polar surface area (TPSA) is 233 Å². The van der Waals surface area contributed by atoms with Crippen molar-refractivity contribution in [3.8, 4) is 0 Å². The van der Waals surface area contributed by atoms with Crippen molar-refractivity contribution in [2.45, 2.75) is 146 Å². The van der Waals surface area contributed by atoms with E-state index in [1.165, 1.54) is 14.0 Å². The van der Waals surface area contributed by atoms with Gasteiger partial charge in [-0.15, -0.1) is 0 Å². The number of unbranched alkanes of at least 4 members (excludes halogenated alkanes) is 5. The van der Waals surface area contributed by atoms with Crippen molar-refractivity contribution in [1.29, 1.82) is 0 Å². The molecule has 0 radical (unpaired) electrons. The highest BCUT2D eigenvalue weighted by Crippen LogP contribution is 2.36. The van der Waals surface area contributed by atoms with Gasteiger partial charge in [-0.05, 0) is 35.1 Å². The van der Waals surface area contributed by atoms with Crippen molar-refractivity contribution in [3.63, 3.8) is 0 Å². The molecule has 0 amide bonds. The second kappa shape index (κ2) is 27.5. The minimum Gasteiger partial charge on any atom is -0.469 e. The monoisotopic (exact) mass is 907 g/mol. The number of hydrogen-bond acceptors (Lipinski definition) is 16. The molecule has 3 aromatic carbocycles. The van der Waals surface area contributed by atoms with Crippen molar-refractivity contribution in [2.75, 3.05) is 20.3 Å². The second-order valence-corrected chi connectivity index (χ2v) is 15.7. The van der Waals surface area contributed by atoms with E-state index >= 15 is 0 Å². The molecule has 2 fully saturated rings. The van der Waals surface area contributed by atoms with E-state index in [0.717, 1.165) is 49.3 Å². The molecule has 2 N–H and O–H groups in total. The molecule has 65 heavy (non-hydrogen) atoms. The van der Waals surface area contributed by atoms with Gasteiger partial charge >= 0.3 is 17.9 Å². The largest absolute Gasteiger partial charge is 0.469 e. The lowest BCUT2D eigenvalue weighted by Gasteiger charge is -2.49. The van der Waals surface area contributed by atoms with Crippen LogP contribution in [-0.2, 0) is 81.6 Å². The molecule has 0 saturated carbocycles. The maximum absolute atomic E-state index is 12.7. The number of aliphatic hydroxyl groups excluding tert-OH is 2. The van der Waals surface area contributed by atoms with Crippen molar-refractivity contribution in [2.24, 2.45) is 5.11 Å². The lowest BCUT2D eigenvalue weighted by molar-refractivity contribution is -0.379. The van der Waals surface area contributed by atoms with Crippen LogP contribution in [0.15, 0.2) is 96.1 Å². The van der Waals surface area contributed by atoms with Crippen LogP contribution >= 0.6 is 0 Å². The average Bonchev–Trinajstić information content (AvgIpc) is 3.31. The number of methoxy groups -OCH3 is 1. The van der Waals surface area contributed by atoms with Gasteiger partial charge in [0.25, 0.3) is 0 Å². The molecular formula is C47H61N3O15. The number of rotatable bonds is 26. The summed E-state index contributed by atoms with van der Waals surface area (Å²) >= 11 is 0. The molecule has 2 aliphatic rings. The summed E-state index contributed by atoms with van der Waals surface area (Å²) in [5.41, 5.74) is 11.7. The Labute approximate surface area is 378 Å². The Morgan fingerprint density at radius 2 is 1.22 bits per heavy atom. The van der Waals surface area contributed by atoms with Crippen molar-refractivity contribution in [3.05, 3.63) is 118 Å². The Morgan fingerprint density at radius 1 is 0.677 bits per heavy atom. The zero-order chi connectivity index (χ0) is 46.4. The molecule has 3 aromatic rings. The number of nitrogens with zero attached hydrogens (tertiary/aromatic N) is 3. The molecule has 0 bridgehead atoms. The molecule has 0 spiro atoms. The van der Waals surface area contributed by atoms with E-state index < -0.39 is 79.6 Å². The summed E-state index contributed by atoms with van der Waals surface area (Å²) in [6.07, 6.45) is -10.3. The number of ether oxygens (including phenoxy) is 10. The zero-order valence-electron chi connectivity index (χ0n) is 37.0. The van der Waals surface area contributed by atoms with Crippen LogP contribution in [0, 0.1) is 0 Å².